The average molecular weight is 264 g/mol. The van der Waals surface area contributed by atoms with Crippen molar-refractivity contribution < 1.29 is 9.50 Å². The summed E-state index contributed by atoms with van der Waals surface area (Å²) in [6.45, 7) is 2.25. The second-order valence-electron chi connectivity index (χ2n) is 5.98. The van der Waals surface area contributed by atoms with Gasteiger partial charge < -0.3 is 5.11 Å². The van der Waals surface area contributed by atoms with E-state index in [-0.39, 0.29) is 5.82 Å². The Morgan fingerprint density at radius 2 is 1.89 bits per heavy atom. The van der Waals surface area contributed by atoms with Gasteiger partial charge in [-0.1, -0.05) is 57.6 Å². The van der Waals surface area contributed by atoms with E-state index in [1.807, 2.05) is 6.07 Å². The van der Waals surface area contributed by atoms with Crippen molar-refractivity contribution in [3.63, 3.8) is 0 Å². The van der Waals surface area contributed by atoms with Crippen LogP contribution < -0.4 is 0 Å². The van der Waals surface area contributed by atoms with Crippen molar-refractivity contribution in [1.82, 2.24) is 0 Å². The summed E-state index contributed by atoms with van der Waals surface area (Å²) in [6, 6.07) is 6.36. The molecule has 1 unspecified atom stereocenters. The lowest BCUT2D eigenvalue weighted by Crippen LogP contribution is -2.16. The lowest BCUT2D eigenvalue weighted by atomic mass is 9.77. The Labute approximate surface area is 115 Å². The fourth-order valence-corrected chi connectivity index (χ4v) is 3.33. The molecule has 106 valence electrons. The third kappa shape index (κ3) is 4.31. The Morgan fingerprint density at radius 1 is 1.21 bits per heavy atom. The molecule has 0 saturated heterocycles. The van der Waals surface area contributed by atoms with Crippen LogP contribution in [0.25, 0.3) is 0 Å². The first-order chi connectivity index (χ1) is 9.19. The summed E-state index contributed by atoms with van der Waals surface area (Å²) in [5.41, 5.74) is 0.718. The van der Waals surface area contributed by atoms with Gasteiger partial charge in [-0.05, 0) is 36.0 Å². The highest BCUT2D eigenvalue weighted by Gasteiger charge is 2.23. The third-order valence-electron chi connectivity index (χ3n) is 4.45. The summed E-state index contributed by atoms with van der Waals surface area (Å²) in [4.78, 5) is 0. The van der Waals surface area contributed by atoms with Crippen molar-refractivity contribution >= 4 is 0 Å². The number of aliphatic hydroxyl groups is 1. The van der Waals surface area contributed by atoms with Gasteiger partial charge in [0, 0.05) is 0 Å². The van der Waals surface area contributed by atoms with Gasteiger partial charge >= 0.3 is 0 Å². The Morgan fingerprint density at radius 3 is 2.53 bits per heavy atom. The van der Waals surface area contributed by atoms with E-state index in [0.717, 1.165) is 17.9 Å². The highest BCUT2D eigenvalue weighted by Crippen LogP contribution is 2.36. The Kier molecular flexibility index (Phi) is 5.38. The second-order valence-corrected chi connectivity index (χ2v) is 5.98. The lowest BCUT2D eigenvalue weighted by Gasteiger charge is -2.29. The number of hydrogen-bond acceptors (Lipinski definition) is 1. The fraction of sp³-hybridized carbons (Fsp3) is 0.647. The largest absolute Gasteiger partial charge is 0.388 e. The molecule has 0 heterocycles. The minimum Gasteiger partial charge on any atom is -0.388 e. The standard InChI is InChI=1S/C17H25FO/c1-2-4-13-7-9-14(10-8-13)11-17(19)15-5-3-6-16(18)12-15/h3,5-6,12-14,17,19H,2,4,7-11H2,1H3. The summed E-state index contributed by atoms with van der Waals surface area (Å²) in [6.07, 6.45) is 7.93. The van der Waals surface area contributed by atoms with E-state index in [1.165, 1.54) is 50.7 Å². The third-order valence-corrected chi connectivity index (χ3v) is 4.45. The van der Waals surface area contributed by atoms with Gasteiger partial charge in [0.05, 0.1) is 6.10 Å². The van der Waals surface area contributed by atoms with Crippen LogP contribution in [0.2, 0.25) is 0 Å². The summed E-state index contributed by atoms with van der Waals surface area (Å²) in [7, 11) is 0. The van der Waals surface area contributed by atoms with Crippen molar-refractivity contribution in [2.24, 2.45) is 11.8 Å². The van der Waals surface area contributed by atoms with Gasteiger partial charge in [0.15, 0.2) is 0 Å². The maximum atomic E-state index is 13.1. The SMILES string of the molecule is CCCC1CCC(CC(O)c2cccc(F)c2)CC1. The molecule has 1 atom stereocenters. The van der Waals surface area contributed by atoms with Crippen molar-refractivity contribution in [3.05, 3.63) is 35.6 Å². The second kappa shape index (κ2) is 7.04. The molecular formula is C17H25FO. The Balaban J connectivity index is 1.82. The number of aliphatic hydroxyl groups excluding tert-OH is 1. The normalized spacial score (nSPS) is 25.2. The molecule has 1 aliphatic rings. The van der Waals surface area contributed by atoms with Crippen molar-refractivity contribution in [3.8, 4) is 0 Å². The van der Waals surface area contributed by atoms with Gasteiger partial charge in [-0.2, -0.15) is 0 Å². The van der Waals surface area contributed by atoms with Gasteiger partial charge in [0.25, 0.3) is 0 Å². The highest BCUT2D eigenvalue weighted by molar-refractivity contribution is 5.18. The molecule has 1 fully saturated rings. The molecule has 1 saturated carbocycles. The summed E-state index contributed by atoms with van der Waals surface area (Å²) >= 11 is 0. The molecule has 1 nitrogen and oxygen atoms in total. The van der Waals surface area contributed by atoms with Crippen LogP contribution in [0.4, 0.5) is 4.39 Å². The van der Waals surface area contributed by atoms with Crippen LogP contribution in [-0.4, -0.2) is 5.11 Å². The van der Waals surface area contributed by atoms with Crippen LogP contribution in [-0.2, 0) is 0 Å². The molecule has 0 spiro atoms. The van der Waals surface area contributed by atoms with E-state index in [0.29, 0.717) is 5.92 Å². The predicted molar refractivity (Wildman–Crippen MR) is 76.3 cm³/mol. The van der Waals surface area contributed by atoms with Crippen molar-refractivity contribution in [2.75, 3.05) is 0 Å². The van der Waals surface area contributed by atoms with E-state index < -0.39 is 6.10 Å². The summed E-state index contributed by atoms with van der Waals surface area (Å²) in [5, 5.41) is 10.2. The van der Waals surface area contributed by atoms with Crippen LogP contribution >= 0.6 is 0 Å². The zero-order valence-corrected chi connectivity index (χ0v) is 11.8. The minimum atomic E-state index is -0.511. The number of halogens is 1. The van der Waals surface area contributed by atoms with E-state index >= 15 is 0 Å². The van der Waals surface area contributed by atoms with E-state index in [2.05, 4.69) is 6.92 Å². The molecule has 1 aromatic carbocycles. The van der Waals surface area contributed by atoms with Gasteiger partial charge in [-0.25, -0.2) is 4.39 Å². The molecule has 0 radical (unpaired) electrons. The maximum Gasteiger partial charge on any atom is 0.123 e. The first kappa shape index (κ1) is 14.5. The molecule has 0 aliphatic heterocycles. The lowest BCUT2D eigenvalue weighted by molar-refractivity contribution is 0.122. The van der Waals surface area contributed by atoms with E-state index in [9.17, 15) is 9.50 Å². The van der Waals surface area contributed by atoms with E-state index in [4.69, 9.17) is 0 Å². The van der Waals surface area contributed by atoms with Crippen LogP contribution in [0.15, 0.2) is 24.3 Å². The quantitative estimate of drug-likeness (QED) is 0.805. The molecule has 0 bridgehead atoms. The summed E-state index contributed by atoms with van der Waals surface area (Å²) in [5.74, 6) is 1.24. The summed E-state index contributed by atoms with van der Waals surface area (Å²) < 4.78 is 13.1. The minimum absolute atomic E-state index is 0.261. The topological polar surface area (TPSA) is 20.2 Å². The van der Waals surface area contributed by atoms with Crippen LogP contribution in [0, 0.1) is 17.7 Å². The molecule has 1 aromatic rings. The smallest absolute Gasteiger partial charge is 0.123 e. The Hall–Kier alpha value is -0.890. The van der Waals surface area contributed by atoms with Gasteiger partial charge in [0.1, 0.15) is 5.82 Å². The monoisotopic (exact) mass is 264 g/mol. The predicted octanol–water partition coefficient (Wildman–Crippen LogP) is 4.86. The molecule has 2 heteroatoms. The first-order valence-corrected chi connectivity index (χ1v) is 7.62. The first-order valence-electron chi connectivity index (χ1n) is 7.62. The maximum absolute atomic E-state index is 13.1. The molecule has 0 amide bonds. The Bertz CT molecular complexity index is 383. The van der Waals surface area contributed by atoms with E-state index in [1.54, 1.807) is 6.07 Å². The zero-order valence-electron chi connectivity index (χ0n) is 11.8. The number of benzene rings is 1. The van der Waals surface area contributed by atoms with Crippen molar-refractivity contribution in [2.45, 2.75) is 58.0 Å². The molecule has 0 aromatic heterocycles. The highest BCUT2D eigenvalue weighted by atomic mass is 19.1. The average Bonchev–Trinajstić information content (AvgIpc) is 2.41. The van der Waals surface area contributed by atoms with Crippen molar-refractivity contribution in [1.29, 1.82) is 0 Å². The molecule has 2 rings (SSSR count). The number of rotatable bonds is 5. The van der Waals surface area contributed by atoms with Crippen LogP contribution in [0.5, 0.6) is 0 Å². The van der Waals surface area contributed by atoms with Gasteiger partial charge in [-0.15, -0.1) is 0 Å². The van der Waals surface area contributed by atoms with Crippen LogP contribution in [0.3, 0.4) is 0 Å². The molecule has 1 aliphatic carbocycles. The van der Waals surface area contributed by atoms with Gasteiger partial charge in [-0.3, -0.25) is 0 Å². The fourth-order valence-electron chi connectivity index (χ4n) is 3.33. The van der Waals surface area contributed by atoms with Gasteiger partial charge in [0.2, 0.25) is 0 Å². The molecule has 1 N–H and O–H groups in total. The van der Waals surface area contributed by atoms with Crippen LogP contribution in [0.1, 0.15) is 63.5 Å². The molecular weight excluding hydrogens is 239 g/mol. The number of hydrogen-bond donors (Lipinski definition) is 1. The molecule has 19 heavy (non-hydrogen) atoms. The zero-order chi connectivity index (χ0) is 13.7.